The minimum atomic E-state index is -4.51. The molecule has 0 saturated heterocycles. The number of hydrogen-bond acceptors (Lipinski definition) is 4. The van der Waals surface area contributed by atoms with E-state index in [1.807, 2.05) is 6.92 Å². The number of hydrogen-bond donors (Lipinski definition) is 1. The summed E-state index contributed by atoms with van der Waals surface area (Å²) in [5, 5.41) is 2.49. The number of halogens is 3. The third-order valence-electron chi connectivity index (χ3n) is 3.06. The molecule has 130 valence electrons. The van der Waals surface area contributed by atoms with E-state index in [-0.39, 0.29) is 24.7 Å². The number of methoxy groups -OCH3 is 1. The summed E-state index contributed by atoms with van der Waals surface area (Å²) in [4.78, 5) is 13.5. The van der Waals surface area contributed by atoms with Gasteiger partial charge in [-0.15, -0.1) is 11.3 Å². The van der Waals surface area contributed by atoms with Crippen molar-refractivity contribution in [3.8, 4) is 5.75 Å². The standard InChI is InChI=1S/C16H16F3NO3S/c1-10-3-6-14(24-10)15(21)20-12-9-11(16(17,18)19)4-5-13(12)23-8-7-22-2/h3-6,9H,7-8H2,1-2H3,(H,20,21). The highest BCUT2D eigenvalue weighted by molar-refractivity contribution is 7.14. The molecule has 2 rings (SSSR count). The Morgan fingerprint density at radius 1 is 1.21 bits per heavy atom. The zero-order chi connectivity index (χ0) is 17.7. The van der Waals surface area contributed by atoms with E-state index < -0.39 is 17.6 Å². The Balaban J connectivity index is 2.27. The number of anilines is 1. The van der Waals surface area contributed by atoms with Crippen LogP contribution in [-0.2, 0) is 10.9 Å². The number of ether oxygens (including phenoxy) is 2. The van der Waals surface area contributed by atoms with E-state index in [1.54, 1.807) is 12.1 Å². The van der Waals surface area contributed by atoms with E-state index in [0.29, 0.717) is 4.88 Å². The first kappa shape index (κ1) is 18.3. The Labute approximate surface area is 141 Å². The van der Waals surface area contributed by atoms with E-state index in [4.69, 9.17) is 9.47 Å². The molecule has 1 heterocycles. The first-order valence-corrected chi connectivity index (χ1v) is 7.83. The quantitative estimate of drug-likeness (QED) is 0.780. The normalized spacial score (nSPS) is 11.4. The maximum atomic E-state index is 12.9. The lowest BCUT2D eigenvalue weighted by atomic mass is 10.1. The number of alkyl halides is 3. The molecule has 2 aromatic rings. The zero-order valence-electron chi connectivity index (χ0n) is 13.1. The molecular formula is C16H16F3NO3S. The van der Waals surface area contributed by atoms with Crippen LogP contribution in [0.4, 0.5) is 18.9 Å². The van der Waals surface area contributed by atoms with Gasteiger partial charge in [-0.2, -0.15) is 13.2 Å². The molecule has 0 bridgehead atoms. The van der Waals surface area contributed by atoms with Crippen LogP contribution in [0.1, 0.15) is 20.1 Å². The van der Waals surface area contributed by atoms with Gasteiger partial charge in [0.25, 0.3) is 5.91 Å². The lowest BCUT2D eigenvalue weighted by molar-refractivity contribution is -0.137. The number of nitrogens with one attached hydrogen (secondary N) is 1. The summed E-state index contributed by atoms with van der Waals surface area (Å²) in [5.41, 5.74) is -0.892. The molecule has 0 aliphatic rings. The predicted molar refractivity (Wildman–Crippen MR) is 85.8 cm³/mol. The number of rotatable bonds is 6. The summed E-state index contributed by atoms with van der Waals surface area (Å²) in [6.45, 7) is 2.27. The molecule has 0 aliphatic heterocycles. The molecule has 1 N–H and O–H groups in total. The van der Waals surface area contributed by atoms with E-state index in [9.17, 15) is 18.0 Å². The molecule has 0 atom stereocenters. The fraction of sp³-hybridized carbons (Fsp3) is 0.312. The fourth-order valence-corrected chi connectivity index (χ4v) is 2.67. The highest BCUT2D eigenvalue weighted by Gasteiger charge is 2.31. The zero-order valence-corrected chi connectivity index (χ0v) is 13.9. The molecule has 24 heavy (non-hydrogen) atoms. The SMILES string of the molecule is COCCOc1ccc(C(F)(F)F)cc1NC(=O)c1ccc(C)s1. The lowest BCUT2D eigenvalue weighted by Gasteiger charge is -2.15. The first-order valence-electron chi connectivity index (χ1n) is 7.02. The Kier molecular flexibility index (Phi) is 5.84. The molecule has 4 nitrogen and oxygen atoms in total. The van der Waals surface area contributed by atoms with Gasteiger partial charge in [-0.25, -0.2) is 0 Å². The smallest absolute Gasteiger partial charge is 0.416 e. The molecule has 0 unspecified atom stereocenters. The van der Waals surface area contributed by atoms with Crippen LogP contribution in [-0.4, -0.2) is 26.2 Å². The Hall–Kier alpha value is -2.06. The average molecular weight is 359 g/mol. The summed E-state index contributed by atoms with van der Waals surface area (Å²) in [6.07, 6.45) is -4.51. The van der Waals surface area contributed by atoms with Gasteiger partial charge in [0.05, 0.1) is 22.7 Å². The molecule has 0 fully saturated rings. The van der Waals surface area contributed by atoms with Crippen LogP contribution < -0.4 is 10.1 Å². The second kappa shape index (κ2) is 7.67. The van der Waals surface area contributed by atoms with Gasteiger partial charge >= 0.3 is 6.18 Å². The predicted octanol–water partition coefficient (Wildman–Crippen LogP) is 4.35. The number of carbonyl (C=O) groups is 1. The van der Waals surface area contributed by atoms with E-state index in [0.717, 1.165) is 17.0 Å². The number of aryl methyl sites for hydroxylation is 1. The first-order chi connectivity index (χ1) is 11.3. The van der Waals surface area contributed by atoms with E-state index in [1.165, 1.54) is 24.5 Å². The van der Waals surface area contributed by atoms with Gasteiger partial charge in [0.15, 0.2) is 0 Å². The van der Waals surface area contributed by atoms with Gasteiger partial charge in [-0.05, 0) is 37.3 Å². The summed E-state index contributed by atoms with van der Waals surface area (Å²) >= 11 is 1.26. The van der Waals surface area contributed by atoms with Gasteiger partial charge < -0.3 is 14.8 Å². The molecular weight excluding hydrogens is 343 g/mol. The maximum absolute atomic E-state index is 12.9. The summed E-state index contributed by atoms with van der Waals surface area (Å²) in [7, 11) is 1.48. The van der Waals surface area contributed by atoms with E-state index >= 15 is 0 Å². The molecule has 0 saturated carbocycles. The van der Waals surface area contributed by atoms with Crippen LogP contribution in [0.25, 0.3) is 0 Å². The topological polar surface area (TPSA) is 47.6 Å². The maximum Gasteiger partial charge on any atom is 0.416 e. The van der Waals surface area contributed by atoms with Crippen molar-refractivity contribution in [1.29, 1.82) is 0 Å². The summed E-state index contributed by atoms with van der Waals surface area (Å²) < 4.78 is 48.9. The number of benzene rings is 1. The van der Waals surface area contributed by atoms with Crippen LogP contribution in [0.5, 0.6) is 5.75 Å². The van der Waals surface area contributed by atoms with Crippen molar-refractivity contribution >= 4 is 22.9 Å². The highest BCUT2D eigenvalue weighted by Crippen LogP contribution is 2.35. The fourth-order valence-electron chi connectivity index (χ4n) is 1.91. The van der Waals surface area contributed by atoms with Crippen molar-refractivity contribution in [2.75, 3.05) is 25.6 Å². The lowest BCUT2D eigenvalue weighted by Crippen LogP contribution is -2.14. The summed E-state index contributed by atoms with van der Waals surface area (Å²) in [5.74, 6) is -0.328. The number of thiophene rings is 1. The van der Waals surface area contributed by atoms with Gasteiger partial charge in [0.2, 0.25) is 0 Å². The largest absolute Gasteiger partial charge is 0.489 e. The molecule has 1 amide bonds. The second-order valence-electron chi connectivity index (χ2n) is 4.91. The molecule has 0 spiro atoms. The molecule has 8 heteroatoms. The monoisotopic (exact) mass is 359 g/mol. The number of amides is 1. The molecule has 0 aliphatic carbocycles. The van der Waals surface area contributed by atoms with Crippen molar-refractivity contribution < 1.29 is 27.4 Å². The molecule has 1 aromatic carbocycles. The van der Waals surface area contributed by atoms with Crippen molar-refractivity contribution in [1.82, 2.24) is 0 Å². The van der Waals surface area contributed by atoms with Gasteiger partial charge in [-0.1, -0.05) is 0 Å². The van der Waals surface area contributed by atoms with Crippen molar-refractivity contribution in [3.63, 3.8) is 0 Å². The Morgan fingerprint density at radius 3 is 2.54 bits per heavy atom. The molecule has 1 aromatic heterocycles. The third-order valence-corrected chi connectivity index (χ3v) is 4.06. The average Bonchev–Trinajstić information content (AvgIpc) is 2.94. The van der Waals surface area contributed by atoms with Crippen LogP contribution >= 0.6 is 11.3 Å². The Bertz CT molecular complexity index is 713. The highest BCUT2D eigenvalue weighted by atomic mass is 32.1. The van der Waals surface area contributed by atoms with E-state index in [2.05, 4.69) is 5.32 Å². The Morgan fingerprint density at radius 2 is 1.96 bits per heavy atom. The van der Waals surface area contributed by atoms with Crippen LogP contribution in [0.2, 0.25) is 0 Å². The minimum absolute atomic E-state index is 0.0306. The van der Waals surface area contributed by atoms with Crippen LogP contribution in [0.15, 0.2) is 30.3 Å². The number of carbonyl (C=O) groups excluding carboxylic acids is 1. The van der Waals surface area contributed by atoms with Gasteiger partial charge in [0.1, 0.15) is 12.4 Å². The van der Waals surface area contributed by atoms with Crippen molar-refractivity contribution in [2.45, 2.75) is 13.1 Å². The minimum Gasteiger partial charge on any atom is -0.489 e. The third kappa shape index (κ3) is 4.72. The van der Waals surface area contributed by atoms with Crippen LogP contribution in [0.3, 0.4) is 0 Å². The molecule has 0 radical (unpaired) electrons. The second-order valence-corrected chi connectivity index (χ2v) is 6.20. The van der Waals surface area contributed by atoms with Crippen molar-refractivity contribution in [2.24, 2.45) is 0 Å². The van der Waals surface area contributed by atoms with Gasteiger partial charge in [0, 0.05) is 12.0 Å². The summed E-state index contributed by atoms with van der Waals surface area (Å²) in [6, 6.07) is 6.34. The van der Waals surface area contributed by atoms with Crippen LogP contribution in [0, 0.1) is 6.92 Å². The van der Waals surface area contributed by atoms with Crippen molar-refractivity contribution in [3.05, 3.63) is 45.6 Å². The van der Waals surface area contributed by atoms with Gasteiger partial charge in [-0.3, -0.25) is 4.79 Å².